The average molecular weight is 370 g/mol. The van der Waals surface area contributed by atoms with Gasteiger partial charge in [0, 0.05) is 6.07 Å². The van der Waals surface area contributed by atoms with E-state index in [1.807, 2.05) is 32.0 Å². The molecule has 1 aromatic heterocycles. The molecule has 1 saturated carbocycles. The number of hydrogen-bond donors (Lipinski definition) is 1. The van der Waals surface area contributed by atoms with Crippen LogP contribution in [0.2, 0.25) is 0 Å². The molecule has 1 atom stereocenters. The van der Waals surface area contributed by atoms with Crippen LogP contribution in [-0.4, -0.2) is 20.9 Å². The molecule has 6 heteroatoms. The fourth-order valence-electron chi connectivity index (χ4n) is 3.78. The van der Waals surface area contributed by atoms with Crippen LogP contribution < -0.4 is 10.3 Å². The summed E-state index contributed by atoms with van der Waals surface area (Å²) in [6.07, 6.45) is 7.36. The third-order valence-corrected chi connectivity index (χ3v) is 5.22. The van der Waals surface area contributed by atoms with Gasteiger partial charge in [-0.15, -0.1) is 0 Å². The molecule has 1 fully saturated rings. The molecule has 0 aliphatic heterocycles. The number of aryl methyl sites for hydroxylation is 2. The van der Waals surface area contributed by atoms with Crippen molar-refractivity contribution in [1.82, 2.24) is 9.78 Å². The van der Waals surface area contributed by atoms with Gasteiger partial charge in [0.2, 0.25) is 0 Å². The Morgan fingerprint density at radius 3 is 2.63 bits per heavy atom. The molecule has 0 spiro atoms. The zero-order chi connectivity index (χ0) is 19.4. The van der Waals surface area contributed by atoms with Crippen molar-refractivity contribution in [2.75, 3.05) is 0 Å². The molecule has 1 aliphatic carbocycles. The number of carboxylic acids is 1. The van der Waals surface area contributed by atoms with Gasteiger partial charge >= 0.3 is 5.97 Å². The largest absolute Gasteiger partial charge is 0.480 e. The highest BCUT2D eigenvalue weighted by atomic mass is 16.5. The van der Waals surface area contributed by atoms with Crippen LogP contribution >= 0.6 is 0 Å². The first kappa shape index (κ1) is 19.1. The third-order valence-electron chi connectivity index (χ3n) is 5.22. The number of carboxylic acid groups (broad SMARTS) is 1. The first-order valence-electron chi connectivity index (χ1n) is 9.51. The van der Waals surface area contributed by atoms with Gasteiger partial charge in [0.15, 0.2) is 11.8 Å². The van der Waals surface area contributed by atoms with Crippen LogP contribution in [0, 0.1) is 19.8 Å². The van der Waals surface area contributed by atoms with Gasteiger partial charge in [-0.05, 0) is 37.8 Å². The summed E-state index contributed by atoms with van der Waals surface area (Å²) in [6.45, 7) is 3.93. The zero-order valence-corrected chi connectivity index (χ0v) is 15.9. The Balaban J connectivity index is 1.79. The molecule has 1 aliphatic rings. The molecule has 1 heterocycles. The van der Waals surface area contributed by atoms with Crippen molar-refractivity contribution in [1.29, 1.82) is 0 Å². The van der Waals surface area contributed by atoms with Crippen molar-refractivity contribution < 1.29 is 14.6 Å². The first-order valence-corrected chi connectivity index (χ1v) is 9.51. The van der Waals surface area contributed by atoms with Gasteiger partial charge in [-0.2, -0.15) is 5.10 Å². The molecular formula is C21H26N2O4. The highest BCUT2D eigenvalue weighted by Crippen LogP contribution is 2.30. The maximum absolute atomic E-state index is 12.5. The van der Waals surface area contributed by atoms with Crippen molar-refractivity contribution in [2.24, 2.45) is 5.92 Å². The van der Waals surface area contributed by atoms with Crippen LogP contribution in [0.5, 0.6) is 11.5 Å². The lowest BCUT2D eigenvalue weighted by Crippen LogP contribution is -2.33. The van der Waals surface area contributed by atoms with Crippen molar-refractivity contribution >= 4 is 5.97 Å². The Bertz CT molecular complexity index is 869. The van der Waals surface area contributed by atoms with Crippen molar-refractivity contribution in [3.63, 3.8) is 0 Å². The van der Waals surface area contributed by atoms with Gasteiger partial charge in [0.1, 0.15) is 5.75 Å². The van der Waals surface area contributed by atoms with Crippen molar-refractivity contribution in [2.45, 2.75) is 58.4 Å². The predicted octanol–water partition coefficient (Wildman–Crippen LogP) is 4.25. The van der Waals surface area contributed by atoms with Crippen LogP contribution in [0.1, 0.15) is 55.7 Å². The highest BCUT2D eigenvalue weighted by Gasteiger charge is 2.27. The minimum absolute atomic E-state index is 0.310. The standard InChI is InChI=1S/C21H26N2O4/c1-14-8-9-19(15(2)10-14)27-17-12-20(24)23(22-13-17)18(21(25)26)11-16-6-4-3-5-7-16/h8-10,12-13,16,18H,3-7,11H2,1-2H3,(H,25,26). The number of hydrogen-bond acceptors (Lipinski definition) is 4. The Morgan fingerprint density at radius 2 is 2.00 bits per heavy atom. The molecule has 27 heavy (non-hydrogen) atoms. The maximum atomic E-state index is 12.5. The summed E-state index contributed by atoms with van der Waals surface area (Å²) in [5, 5.41) is 13.7. The molecular weight excluding hydrogens is 344 g/mol. The van der Waals surface area contributed by atoms with Gasteiger partial charge < -0.3 is 9.84 Å². The van der Waals surface area contributed by atoms with E-state index in [4.69, 9.17) is 4.74 Å². The number of nitrogens with zero attached hydrogens (tertiary/aromatic N) is 2. The summed E-state index contributed by atoms with van der Waals surface area (Å²) in [5.74, 6) is 0.277. The van der Waals surface area contributed by atoms with Gasteiger partial charge in [-0.3, -0.25) is 4.79 Å². The molecule has 6 nitrogen and oxygen atoms in total. The number of benzene rings is 1. The number of aliphatic carboxylic acids is 1. The molecule has 0 radical (unpaired) electrons. The minimum atomic E-state index is -1.02. The molecule has 1 aromatic carbocycles. The van der Waals surface area contributed by atoms with E-state index in [0.717, 1.165) is 41.5 Å². The fraction of sp³-hybridized carbons (Fsp3) is 0.476. The molecule has 0 saturated heterocycles. The second-order valence-corrected chi connectivity index (χ2v) is 7.44. The lowest BCUT2D eigenvalue weighted by molar-refractivity contribution is -0.142. The quantitative estimate of drug-likeness (QED) is 0.822. The SMILES string of the molecule is Cc1ccc(Oc2cnn(C(CC3CCCCC3)C(=O)O)c(=O)c2)c(C)c1. The van der Waals surface area contributed by atoms with E-state index in [9.17, 15) is 14.7 Å². The summed E-state index contributed by atoms with van der Waals surface area (Å²) < 4.78 is 6.84. The topological polar surface area (TPSA) is 81.4 Å². The normalized spacial score (nSPS) is 16.1. The van der Waals surface area contributed by atoms with Gasteiger partial charge in [0.05, 0.1) is 6.20 Å². The Hall–Kier alpha value is -2.63. The van der Waals surface area contributed by atoms with Crippen LogP contribution in [-0.2, 0) is 4.79 Å². The highest BCUT2D eigenvalue weighted by molar-refractivity contribution is 5.71. The molecule has 2 aromatic rings. The van der Waals surface area contributed by atoms with E-state index in [-0.39, 0.29) is 0 Å². The Kier molecular flexibility index (Phi) is 5.94. The second-order valence-electron chi connectivity index (χ2n) is 7.44. The van der Waals surface area contributed by atoms with Crippen LogP contribution in [0.25, 0.3) is 0 Å². The molecule has 144 valence electrons. The maximum Gasteiger partial charge on any atom is 0.328 e. The number of ether oxygens (including phenoxy) is 1. The molecule has 1 unspecified atom stereocenters. The van der Waals surface area contributed by atoms with E-state index in [1.54, 1.807) is 0 Å². The molecule has 0 bridgehead atoms. The summed E-state index contributed by atoms with van der Waals surface area (Å²) >= 11 is 0. The van der Waals surface area contributed by atoms with Crippen LogP contribution in [0.15, 0.2) is 35.3 Å². The first-order chi connectivity index (χ1) is 12.9. The summed E-state index contributed by atoms with van der Waals surface area (Å²) in [6, 6.07) is 6.15. The van der Waals surface area contributed by atoms with E-state index in [1.165, 1.54) is 18.7 Å². The van der Waals surface area contributed by atoms with E-state index < -0.39 is 17.6 Å². The van der Waals surface area contributed by atoms with Gasteiger partial charge in [0.25, 0.3) is 5.56 Å². The number of rotatable bonds is 6. The predicted molar refractivity (Wildman–Crippen MR) is 102 cm³/mol. The molecule has 1 N–H and O–H groups in total. The summed E-state index contributed by atoms with van der Waals surface area (Å²) in [7, 11) is 0. The smallest absolute Gasteiger partial charge is 0.328 e. The van der Waals surface area contributed by atoms with E-state index in [2.05, 4.69) is 5.10 Å². The van der Waals surface area contributed by atoms with E-state index >= 15 is 0 Å². The monoisotopic (exact) mass is 370 g/mol. The molecule has 3 rings (SSSR count). The molecule has 0 amide bonds. The van der Waals surface area contributed by atoms with Crippen LogP contribution in [0.3, 0.4) is 0 Å². The van der Waals surface area contributed by atoms with Gasteiger partial charge in [-0.1, -0.05) is 49.8 Å². The Labute approximate surface area is 158 Å². The number of carbonyl (C=O) groups is 1. The summed E-state index contributed by atoms with van der Waals surface area (Å²) in [5.41, 5.74) is 1.63. The second kappa shape index (κ2) is 8.37. The number of aromatic nitrogens is 2. The lowest BCUT2D eigenvalue weighted by Gasteiger charge is -2.25. The average Bonchev–Trinajstić information content (AvgIpc) is 2.63. The Morgan fingerprint density at radius 1 is 1.26 bits per heavy atom. The van der Waals surface area contributed by atoms with Crippen molar-refractivity contribution in [3.05, 3.63) is 51.9 Å². The third kappa shape index (κ3) is 4.76. The lowest BCUT2D eigenvalue weighted by atomic mass is 9.85. The summed E-state index contributed by atoms with van der Waals surface area (Å²) in [4.78, 5) is 24.3. The van der Waals surface area contributed by atoms with Gasteiger partial charge in [-0.25, -0.2) is 9.48 Å². The minimum Gasteiger partial charge on any atom is -0.480 e. The van der Waals surface area contributed by atoms with Crippen molar-refractivity contribution in [3.8, 4) is 11.5 Å². The fourth-order valence-corrected chi connectivity index (χ4v) is 3.78. The van der Waals surface area contributed by atoms with Crippen LogP contribution in [0.4, 0.5) is 0 Å². The van der Waals surface area contributed by atoms with E-state index in [0.29, 0.717) is 23.8 Å². The zero-order valence-electron chi connectivity index (χ0n) is 15.9.